The zero-order chi connectivity index (χ0) is 14.4. The van der Waals surface area contributed by atoms with Crippen LogP contribution < -0.4 is 10.1 Å². The molecule has 0 aliphatic carbocycles. The lowest BCUT2D eigenvalue weighted by Gasteiger charge is -2.15. The van der Waals surface area contributed by atoms with E-state index in [-0.39, 0.29) is 17.9 Å². The molecule has 1 atom stereocenters. The van der Waals surface area contributed by atoms with E-state index in [4.69, 9.17) is 4.74 Å². The number of rotatable bonds is 7. The minimum Gasteiger partial charge on any atom is -0.491 e. The predicted octanol–water partition coefficient (Wildman–Crippen LogP) is 3.29. The fourth-order valence-corrected chi connectivity index (χ4v) is 1.73. The maximum atomic E-state index is 12.2. The average molecular weight is 263 g/mol. The first-order valence-electron chi connectivity index (χ1n) is 6.94. The molecule has 1 aromatic rings. The molecule has 1 rings (SSSR count). The summed E-state index contributed by atoms with van der Waals surface area (Å²) in [6.07, 6.45) is 0.146. The Morgan fingerprint density at radius 3 is 2.16 bits per heavy atom. The standard InChI is InChI=1S/C16H25NO2/c1-11(2)10-17-13(5)16(18)14-6-8-15(9-7-14)19-12(3)4/h6-9,11-13,17H,10H2,1-5H3. The van der Waals surface area contributed by atoms with Crippen LogP contribution >= 0.6 is 0 Å². The van der Waals surface area contributed by atoms with Gasteiger partial charge in [-0.3, -0.25) is 4.79 Å². The zero-order valence-corrected chi connectivity index (χ0v) is 12.6. The van der Waals surface area contributed by atoms with Gasteiger partial charge in [0.2, 0.25) is 0 Å². The van der Waals surface area contributed by atoms with Gasteiger partial charge in [-0.05, 0) is 57.5 Å². The Morgan fingerprint density at radius 2 is 1.68 bits per heavy atom. The van der Waals surface area contributed by atoms with Crippen molar-refractivity contribution in [3.8, 4) is 5.75 Å². The maximum Gasteiger partial charge on any atom is 0.179 e. The summed E-state index contributed by atoms with van der Waals surface area (Å²) in [5.74, 6) is 1.46. The highest BCUT2D eigenvalue weighted by molar-refractivity contribution is 5.99. The van der Waals surface area contributed by atoms with Gasteiger partial charge >= 0.3 is 0 Å². The molecule has 0 saturated heterocycles. The van der Waals surface area contributed by atoms with Crippen molar-refractivity contribution >= 4 is 5.78 Å². The summed E-state index contributed by atoms with van der Waals surface area (Å²) in [5.41, 5.74) is 0.722. The molecule has 1 N–H and O–H groups in total. The van der Waals surface area contributed by atoms with Crippen molar-refractivity contribution in [3.63, 3.8) is 0 Å². The van der Waals surface area contributed by atoms with Gasteiger partial charge in [-0.2, -0.15) is 0 Å². The highest BCUT2D eigenvalue weighted by Crippen LogP contribution is 2.15. The smallest absolute Gasteiger partial charge is 0.179 e. The molecule has 0 aliphatic heterocycles. The molecule has 0 aromatic heterocycles. The molecule has 3 heteroatoms. The summed E-state index contributed by atoms with van der Waals surface area (Å²) in [4.78, 5) is 12.2. The van der Waals surface area contributed by atoms with Crippen LogP contribution in [0, 0.1) is 5.92 Å². The number of hydrogen-bond donors (Lipinski definition) is 1. The summed E-state index contributed by atoms with van der Waals surface area (Å²) in [5, 5.41) is 3.25. The van der Waals surface area contributed by atoms with E-state index in [1.165, 1.54) is 0 Å². The summed E-state index contributed by atoms with van der Waals surface area (Å²) < 4.78 is 5.56. The quantitative estimate of drug-likeness (QED) is 0.767. The number of nitrogens with one attached hydrogen (secondary N) is 1. The Bertz CT molecular complexity index is 396. The molecule has 3 nitrogen and oxygen atoms in total. The van der Waals surface area contributed by atoms with Crippen LogP contribution in [0.15, 0.2) is 24.3 Å². The molecule has 0 fully saturated rings. The normalized spacial score (nSPS) is 12.8. The molecule has 0 spiro atoms. The van der Waals surface area contributed by atoms with Crippen LogP contribution in [0.2, 0.25) is 0 Å². The number of ketones is 1. The van der Waals surface area contributed by atoms with E-state index >= 15 is 0 Å². The Labute approximate surface area is 116 Å². The van der Waals surface area contributed by atoms with Crippen molar-refractivity contribution in [2.75, 3.05) is 6.54 Å². The predicted molar refractivity (Wildman–Crippen MR) is 78.8 cm³/mol. The minimum absolute atomic E-state index is 0.122. The van der Waals surface area contributed by atoms with E-state index in [0.29, 0.717) is 5.92 Å². The van der Waals surface area contributed by atoms with Gasteiger partial charge in [0.15, 0.2) is 5.78 Å². The van der Waals surface area contributed by atoms with E-state index < -0.39 is 0 Å². The van der Waals surface area contributed by atoms with E-state index in [1.807, 2.05) is 45.0 Å². The molecule has 1 unspecified atom stereocenters. The Morgan fingerprint density at radius 1 is 1.11 bits per heavy atom. The second-order valence-electron chi connectivity index (χ2n) is 5.58. The summed E-state index contributed by atoms with van der Waals surface area (Å²) in [6.45, 7) is 11.0. The molecule has 0 bridgehead atoms. The minimum atomic E-state index is -0.153. The SMILES string of the molecule is CC(C)CNC(C)C(=O)c1ccc(OC(C)C)cc1. The zero-order valence-electron chi connectivity index (χ0n) is 12.6. The molecule has 0 radical (unpaired) electrons. The van der Waals surface area contributed by atoms with Gasteiger partial charge in [-0.1, -0.05) is 13.8 Å². The van der Waals surface area contributed by atoms with Crippen LogP contribution in [-0.4, -0.2) is 24.5 Å². The van der Waals surface area contributed by atoms with Crippen molar-refractivity contribution in [2.24, 2.45) is 5.92 Å². The lowest BCUT2D eigenvalue weighted by molar-refractivity contribution is 0.0949. The fraction of sp³-hybridized carbons (Fsp3) is 0.562. The van der Waals surface area contributed by atoms with Crippen LogP contribution in [0.1, 0.15) is 45.0 Å². The van der Waals surface area contributed by atoms with Gasteiger partial charge in [0, 0.05) is 5.56 Å². The van der Waals surface area contributed by atoms with Gasteiger partial charge in [0.25, 0.3) is 0 Å². The molecular formula is C16H25NO2. The van der Waals surface area contributed by atoms with Crippen molar-refractivity contribution in [1.29, 1.82) is 0 Å². The fourth-order valence-electron chi connectivity index (χ4n) is 1.73. The Hall–Kier alpha value is -1.35. The van der Waals surface area contributed by atoms with Crippen LogP contribution in [0.3, 0.4) is 0 Å². The number of carbonyl (C=O) groups is 1. The average Bonchev–Trinajstić information content (AvgIpc) is 2.35. The second-order valence-corrected chi connectivity index (χ2v) is 5.58. The van der Waals surface area contributed by atoms with Crippen molar-refractivity contribution in [1.82, 2.24) is 5.32 Å². The second kappa shape index (κ2) is 7.29. The van der Waals surface area contributed by atoms with Crippen LogP contribution in [0.5, 0.6) is 5.75 Å². The summed E-state index contributed by atoms with van der Waals surface area (Å²) in [6, 6.07) is 7.20. The lowest BCUT2D eigenvalue weighted by Crippen LogP contribution is -2.36. The Balaban J connectivity index is 2.61. The first-order chi connectivity index (χ1) is 8.90. The highest BCUT2D eigenvalue weighted by atomic mass is 16.5. The van der Waals surface area contributed by atoms with E-state index in [1.54, 1.807) is 0 Å². The highest BCUT2D eigenvalue weighted by Gasteiger charge is 2.14. The lowest BCUT2D eigenvalue weighted by atomic mass is 10.0. The topological polar surface area (TPSA) is 38.3 Å². The maximum absolute atomic E-state index is 12.2. The van der Waals surface area contributed by atoms with E-state index in [0.717, 1.165) is 17.9 Å². The molecule has 0 aliphatic rings. The third kappa shape index (κ3) is 5.43. The molecular weight excluding hydrogens is 238 g/mol. The number of carbonyl (C=O) groups excluding carboxylic acids is 1. The number of hydrogen-bond acceptors (Lipinski definition) is 3. The van der Waals surface area contributed by atoms with Gasteiger partial charge in [0.05, 0.1) is 12.1 Å². The largest absolute Gasteiger partial charge is 0.491 e. The number of Topliss-reactive ketones (excluding diaryl/α,β-unsaturated/α-hetero) is 1. The third-order valence-corrected chi connectivity index (χ3v) is 2.74. The van der Waals surface area contributed by atoms with Gasteiger partial charge in [-0.15, -0.1) is 0 Å². The van der Waals surface area contributed by atoms with E-state index in [2.05, 4.69) is 19.2 Å². The Kier molecular flexibility index (Phi) is 6.03. The summed E-state index contributed by atoms with van der Waals surface area (Å²) in [7, 11) is 0. The number of benzene rings is 1. The van der Waals surface area contributed by atoms with Gasteiger partial charge in [-0.25, -0.2) is 0 Å². The van der Waals surface area contributed by atoms with Crippen LogP contribution in [-0.2, 0) is 0 Å². The van der Waals surface area contributed by atoms with Gasteiger partial charge in [0.1, 0.15) is 5.75 Å². The van der Waals surface area contributed by atoms with E-state index in [9.17, 15) is 4.79 Å². The molecule has 19 heavy (non-hydrogen) atoms. The monoisotopic (exact) mass is 263 g/mol. The third-order valence-electron chi connectivity index (χ3n) is 2.74. The van der Waals surface area contributed by atoms with Crippen LogP contribution in [0.25, 0.3) is 0 Å². The van der Waals surface area contributed by atoms with Gasteiger partial charge < -0.3 is 10.1 Å². The first-order valence-corrected chi connectivity index (χ1v) is 6.94. The van der Waals surface area contributed by atoms with Crippen molar-refractivity contribution in [3.05, 3.63) is 29.8 Å². The molecule has 0 amide bonds. The van der Waals surface area contributed by atoms with Crippen molar-refractivity contribution in [2.45, 2.75) is 46.8 Å². The summed E-state index contributed by atoms with van der Waals surface area (Å²) >= 11 is 0. The molecule has 106 valence electrons. The first kappa shape index (κ1) is 15.7. The van der Waals surface area contributed by atoms with Crippen LogP contribution in [0.4, 0.5) is 0 Å². The van der Waals surface area contributed by atoms with Crippen molar-refractivity contribution < 1.29 is 9.53 Å². The molecule has 0 saturated carbocycles. The molecule has 0 heterocycles. The molecule has 1 aromatic carbocycles. The number of ether oxygens (including phenoxy) is 1.